The van der Waals surface area contributed by atoms with Gasteiger partial charge in [0.05, 0.1) is 0 Å². The minimum Gasteiger partial charge on any atom is -0.0622 e. The Morgan fingerprint density at radius 2 is 0.476 bits per heavy atom. The van der Waals surface area contributed by atoms with Gasteiger partial charge in [0, 0.05) is 0 Å². The fourth-order valence-electron chi connectivity index (χ4n) is 16.3. The molecular weight excluding hydrogens is 985 g/mol. The van der Waals surface area contributed by atoms with Crippen LogP contribution in [-0.2, 0) is 0 Å². The summed E-state index contributed by atoms with van der Waals surface area (Å²) in [6, 6.07) is 85.0. The fraction of sp³-hybridized carbons (Fsp3) is 0.0976. The van der Waals surface area contributed by atoms with Crippen LogP contribution in [-0.4, -0.2) is 0 Å². The molecule has 0 fully saturated rings. The average Bonchev–Trinajstić information content (AvgIpc) is 4.20. The first-order valence-corrected chi connectivity index (χ1v) is 29.6. The molecule has 0 radical (unpaired) electrons. The van der Waals surface area contributed by atoms with Gasteiger partial charge in [-0.05, 0) is 232 Å². The molecule has 0 aliphatic heterocycles. The Hall–Kier alpha value is -9.62. The van der Waals surface area contributed by atoms with Crippen molar-refractivity contribution in [2.75, 3.05) is 0 Å². The molecular formula is C82H56. The van der Waals surface area contributed by atoms with Crippen LogP contribution in [0.4, 0.5) is 0 Å². The van der Waals surface area contributed by atoms with Crippen LogP contribution < -0.4 is 0 Å². The van der Waals surface area contributed by atoms with Crippen molar-refractivity contribution in [3.05, 3.63) is 241 Å². The van der Waals surface area contributed by atoms with Gasteiger partial charge in [-0.25, -0.2) is 0 Å². The van der Waals surface area contributed by atoms with Crippen molar-refractivity contribution in [2.24, 2.45) is 0 Å². The zero-order valence-corrected chi connectivity index (χ0v) is 46.9. The predicted octanol–water partition coefficient (Wildman–Crippen LogP) is 24.0. The van der Waals surface area contributed by atoms with Crippen LogP contribution in [0.25, 0.3) is 185 Å². The van der Waals surface area contributed by atoms with E-state index in [1.165, 1.54) is 207 Å². The Bertz CT molecular complexity index is 5470. The van der Waals surface area contributed by atoms with Crippen molar-refractivity contribution in [2.45, 2.75) is 53.4 Å². The summed E-state index contributed by atoms with van der Waals surface area (Å²) < 4.78 is 0. The summed E-state index contributed by atoms with van der Waals surface area (Å²) in [5.74, 6) is 0.829. The second kappa shape index (κ2) is 16.5. The third-order valence-electron chi connectivity index (χ3n) is 19.7. The van der Waals surface area contributed by atoms with Crippen LogP contribution in [0.5, 0.6) is 0 Å². The van der Waals surface area contributed by atoms with E-state index in [0.29, 0.717) is 11.8 Å². The van der Waals surface area contributed by atoms with Crippen molar-refractivity contribution in [3.8, 4) is 44.5 Å². The largest absolute Gasteiger partial charge is 0.0622 e. The Balaban J connectivity index is 1.16. The van der Waals surface area contributed by atoms with Gasteiger partial charge >= 0.3 is 0 Å². The maximum absolute atomic E-state index is 2.51. The van der Waals surface area contributed by atoms with Crippen molar-refractivity contribution >= 4 is 140 Å². The monoisotopic (exact) mass is 1040 g/mol. The summed E-state index contributed by atoms with van der Waals surface area (Å²) >= 11 is 0. The number of benzene rings is 16. The third kappa shape index (κ3) is 5.77. The standard InChI is InChI=1S/C82H56/c1-43(2)49-31-33-57-61-37-40-64-73-63(39-35-59(71(61)73)55-29-17-27-53(49)69(55)57)77-67(47-21-9-7-10-22-47)81-75(51-25-15-13-19-45(51)5)79-65-41-36-60-56-30-18-28-54-50(44(3)4)32-34-58(70(54)56)62-38-42-66(74(65)72(60)62)80(79)76(52-26-16-14-20-46(52)6)82(81)68(78(64)77)48-23-11-8-12-24-48/h7-44H,1-6H3. The van der Waals surface area contributed by atoms with Gasteiger partial charge in [-0.1, -0.05) is 246 Å². The highest BCUT2D eigenvalue weighted by atomic mass is 14.4. The van der Waals surface area contributed by atoms with E-state index in [0.717, 1.165) is 0 Å². The molecule has 18 aromatic rings. The number of aryl methyl sites for hydroxylation is 2. The summed E-state index contributed by atoms with van der Waals surface area (Å²) in [5.41, 5.74) is 15.5. The van der Waals surface area contributed by atoms with Crippen LogP contribution in [0.15, 0.2) is 218 Å². The number of fused-ring (bicyclic) bond motifs is 11. The molecule has 0 amide bonds. The lowest BCUT2D eigenvalue weighted by molar-refractivity contribution is 0.877. The van der Waals surface area contributed by atoms with E-state index < -0.39 is 0 Å². The molecule has 0 N–H and O–H groups in total. The summed E-state index contributed by atoms with van der Waals surface area (Å²) in [5, 5.41) is 34.7. The minimum atomic E-state index is 0.414. The van der Waals surface area contributed by atoms with E-state index in [4.69, 9.17) is 0 Å². The van der Waals surface area contributed by atoms with Crippen LogP contribution in [0.2, 0.25) is 0 Å². The van der Waals surface area contributed by atoms with E-state index in [2.05, 4.69) is 260 Å². The van der Waals surface area contributed by atoms with Gasteiger partial charge in [0.2, 0.25) is 0 Å². The molecule has 0 heteroatoms. The first kappa shape index (κ1) is 46.2. The Morgan fingerprint density at radius 1 is 0.195 bits per heavy atom. The van der Waals surface area contributed by atoms with Gasteiger partial charge in [-0.3, -0.25) is 0 Å². The molecule has 0 heterocycles. The Morgan fingerprint density at radius 3 is 0.841 bits per heavy atom. The molecule has 0 saturated heterocycles. The second-order valence-electron chi connectivity index (χ2n) is 24.4. The lowest BCUT2D eigenvalue weighted by Crippen LogP contribution is -1.98. The predicted molar refractivity (Wildman–Crippen MR) is 358 cm³/mol. The average molecular weight is 1040 g/mol. The number of hydrogen-bond acceptors (Lipinski definition) is 0. The highest BCUT2D eigenvalue weighted by Gasteiger charge is 2.33. The maximum Gasteiger partial charge on any atom is -0.0000826 e. The van der Waals surface area contributed by atoms with Crippen molar-refractivity contribution in [3.63, 3.8) is 0 Å². The van der Waals surface area contributed by atoms with Crippen LogP contribution >= 0.6 is 0 Å². The van der Waals surface area contributed by atoms with Gasteiger partial charge in [-0.15, -0.1) is 0 Å². The van der Waals surface area contributed by atoms with E-state index >= 15 is 0 Å². The van der Waals surface area contributed by atoms with Gasteiger partial charge in [-0.2, -0.15) is 0 Å². The molecule has 0 unspecified atom stereocenters. The van der Waals surface area contributed by atoms with E-state index in [1.807, 2.05) is 0 Å². The van der Waals surface area contributed by atoms with Gasteiger partial charge in [0.25, 0.3) is 0 Å². The molecule has 0 saturated carbocycles. The molecule has 18 rings (SSSR count). The molecule has 0 aromatic heterocycles. The topological polar surface area (TPSA) is 0 Å². The summed E-state index contributed by atoms with van der Waals surface area (Å²) in [4.78, 5) is 0. The molecule has 82 heavy (non-hydrogen) atoms. The molecule has 0 aliphatic carbocycles. The first-order chi connectivity index (χ1) is 40.3. The molecule has 0 bridgehead atoms. The molecule has 0 aliphatic rings. The maximum atomic E-state index is 2.51. The summed E-state index contributed by atoms with van der Waals surface area (Å²) in [7, 11) is 0. The fourth-order valence-corrected chi connectivity index (χ4v) is 16.3. The van der Waals surface area contributed by atoms with Gasteiger partial charge < -0.3 is 0 Å². The smallest absolute Gasteiger partial charge is 0.0000826 e. The van der Waals surface area contributed by atoms with Gasteiger partial charge in [0.1, 0.15) is 0 Å². The second-order valence-corrected chi connectivity index (χ2v) is 24.4. The lowest BCUT2D eigenvalue weighted by Gasteiger charge is -2.25. The highest BCUT2D eigenvalue weighted by Crippen LogP contribution is 2.62. The number of rotatable bonds is 6. The quantitative estimate of drug-likeness (QED) is 0.115. The summed E-state index contributed by atoms with van der Waals surface area (Å²) in [6.07, 6.45) is 0. The Labute approximate surface area is 475 Å². The van der Waals surface area contributed by atoms with Crippen molar-refractivity contribution < 1.29 is 0 Å². The van der Waals surface area contributed by atoms with Gasteiger partial charge in [0.15, 0.2) is 0 Å². The Kier molecular flexibility index (Phi) is 9.29. The minimum absolute atomic E-state index is 0.414. The SMILES string of the molecule is Cc1ccccc1-c1c2c(-c3ccccc3)c3c4ccc5c6cccc7c(C(C)C)ccc(c8ccc(c3c(-c3ccccc3)c2c(-c2ccccc2C)c2c3ccc9c%10ccc(C(C)C)c%11cccc(c%12ccc(c12)c3c%129)c%11%10)c4c58)c76. The first-order valence-electron chi connectivity index (χ1n) is 29.6. The zero-order chi connectivity index (χ0) is 54.5. The molecule has 18 aromatic carbocycles. The molecule has 0 spiro atoms. The van der Waals surface area contributed by atoms with Crippen LogP contribution in [0.3, 0.4) is 0 Å². The normalized spacial score (nSPS) is 12.7. The van der Waals surface area contributed by atoms with Crippen molar-refractivity contribution in [1.82, 2.24) is 0 Å². The van der Waals surface area contributed by atoms with E-state index in [1.54, 1.807) is 0 Å². The number of hydrogen-bond donors (Lipinski definition) is 0. The zero-order valence-electron chi connectivity index (χ0n) is 46.9. The lowest BCUT2D eigenvalue weighted by atomic mass is 9.77. The van der Waals surface area contributed by atoms with Crippen LogP contribution in [0.1, 0.15) is 61.8 Å². The molecule has 0 nitrogen and oxygen atoms in total. The highest BCUT2D eigenvalue weighted by molar-refractivity contribution is 6.51. The molecule has 384 valence electrons. The third-order valence-corrected chi connectivity index (χ3v) is 19.7. The van der Waals surface area contributed by atoms with E-state index in [-0.39, 0.29) is 0 Å². The van der Waals surface area contributed by atoms with Crippen molar-refractivity contribution in [1.29, 1.82) is 0 Å². The van der Waals surface area contributed by atoms with Crippen LogP contribution in [0, 0.1) is 13.8 Å². The summed E-state index contributed by atoms with van der Waals surface area (Å²) in [6.45, 7) is 14.0. The molecule has 0 atom stereocenters. The van der Waals surface area contributed by atoms with E-state index in [9.17, 15) is 0 Å².